The summed E-state index contributed by atoms with van der Waals surface area (Å²) in [6, 6.07) is -0.0430. The summed E-state index contributed by atoms with van der Waals surface area (Å²) in [4.78, 5) is 2.13. The van der Waals surface area contributed by atoms with Crippen molar-refractivity contribution in [3.8, 4) is 0 Å². The molecule has 1 fully saturated rings. The van der Waals surface area contributed by atoms with Gasteiger partial charge >= 0.3 is 0 Å². The summed E-state index contributed by atoms with van der Waals surface area (Å²) < 4.78 is 26.4. The van der Waals surface area contributed by atoms with Gasteiger partial charge in [0, 0.05) is 25.2 Å². The number of likely N-dealkylation sites (tertiary alicyclic amines) is 1. The van der Waals surface area contributed by atoms with Gasteiger partial charge in [-0.15, -0.1) is 0 Å². The highest BCUT2D eigenvalue weighted by Crippen LogP contribution is 2.22. The van der Waals surface area contributed by atoms with Gasteiger partial charge in [-0.05, 0) is 26.4 Å². The van der Waals surface area contributed by atoms with Crippen molar-refractivity contribution in [3.05, 3.63) is 11.8 Å². The van der Waals surface area contributed by atoms with E-state index in [1.807, 2.05) is 7.05 Å². The van der Waals surface area contributed by atoms with E-state index < -0.39 is 10.0 Å². The van der Waals surface area contributed by atoms with E-state index in [2.05, 4.69) is 15.1 Å². The number of aromatic amines is 1. The second kappa shape index (κ2) is 5.58. The summed E-state index contributed by atoms with van der Waals surface area (Å²) in [7, 11) is -0.0603. The van der Waals surface area contributed by atoms with E-state index >= 15 is 0 Å². The molecule has 108 valence electrons. The second-order valence-electron chi connectivity index (χ2n) is 4.96. The Morgan fingerprint density at radius 1 is 1.63 bits per heavy atom. The van der Waals surface area contributed by atoms with Crippen molar-refractivity contribution < 1.29 is 13.5 Å². The zero-order valence-electron chi connectivity index (χ0n) is 11.2. The molecule has 1 aromatic heterocycles. The SMILES string of the molecule is CN1CCCC(N(C)S(=O)(=O)c2[nH]ncc2CO)C1. The second-order valence-corrected chi connectivity index (χ2v) is 6.90. The standard InChI is InChI=1S/C11H20N4O3S/c1-14-5-3-4-10(7-14)15(2)19(17,18)11-9(8-16)6-12-13-11/h6,10,16H,3-5,7-8H2,1-2H3,(H,12,13). The van der Waals surface area contributed by atoms with Crippen molar-refractivity contribution in [2.75, 3.05) is 27.2 Å². The molecule has 7 nitrogen and oxygen atoms in total. The predicted octanol–water partition coefficient (Wildman–Crippen LogP) is -0.383. The Morgan fingerprint density at radius 3 is 3.00 bits per heavy atom. The molecule has 0 bridgehead atoms. The first kappa shape index (κ1) is 14.4. The lowest BCUT2D eigenvalue weighted by molar-refractivity contribution is 0.187. The van der Waals surface area contributed by atoms with Crippen LogP contribution in [-0.4, -0.2) is 66.2 Å². The maximum atomic E-state index is 12.5. The number of sulfonamides is 1. The first-order chi connectivity index (χ1) is 8.96. The number of H-pyrrole nitrogens is 1. The number of rotatable bonds is 4. The Morgan fingerprint density at radius 2 is 2.37 bits per heavy atom. The third-order valence-electron chi connectivity index (χ3n) is 3.60. The fourth-order valence-electron chi connectivity index (χ4n) is 2.41. The molecule has 0 amide bonds. The molecule has 1 aliphatic heterocycles. The molecule has 2 heterocycles. The van der Waals surface area contributed by atoms with Crippen molar-refractivity contribution in [3.63, 3.8) is 0 Å². The largest absolute Gasteiger partial charge is 0.392 e. The van der Waals surface area contributed by atoms with Crippen LogP contribution < -0.4 is 0 Å². The minimum absolute atomic E-state index is 0.00859. The Bertz CT molecular complexity index is 528. The molecule has 0 aromatic carbocycles. The Labute approximate surface area is 113 Å². The van der Waals surface area contributed by atoms with Crippen LogP contribution in [0.2, 0.25) is 0 Å². The molecule has 1 aromatic rings. The Balaban J connectivity index is 2.24. The number of likely N-dealkylation sites (N-methyl/N-ethyl adjacent to an activating group) is 2. The van der Waals surface area contributed by atoms with Gasteiger partial charge in [-0.2, -0.15) is 9.40 Å². The maximum absolute atomic E-state index is 12.5. The molecular weight excluding hydrogens is 268 g/mol. The molecule has 1 atom stereocenters. The maximum Gasteiger partial charge on any atom is 0.260 e. The van der Waals surface area contributed by atoms with Crippen LogP contribution in [0.3, 0.4) is 0 Å². The van der Waals surface area contributed by atoms with Crippen LogP contribution in [-0.2, 0) is 16.6 Å². The smallest absolute Gasteiger partial charge is 0.260 e. The normalized spacial score (nSPS) is 22.0. The van der Waals surface area contributed by atoms with E-state index in [1.165, 1.54) is 10.5 Å². The van der Waals surface area contributed by atoms with Crippen molar-refractivity contribution in [1.29, 1.82) is 0 Å². The Hall–Kier alpha value is -0.960. The van der Waals surface area contributed by atoms with Gasteiger partial charge < -0.3 is 10.0 Å². The van der Waals surface area contributed by atoms with Crippen molar-refractivity contribution >= 4 is 10.0 Å². The first-order valence-electron chi connectivity index (χ1n) is 6.26. The van der Waals surface area contributed by atoms with Gasteiger partial charge in [-0.25, -0.2) is 8.42 Å². The van der Waals surface area contributed by atoms with Crippen LogP contribution in [0.15, 0.2) is 11.2 Å². The zero-order valence-corrected chi connectivity index (χ0v) is 12.0. The van der Waals surface area contributed by atoms with Gasteiger partial charge in [0.1, 0.15) is 0 Å². The molecule has 1 aliphatic rings. The highest BCUT2D eigenvalue weighted by atomic mass is 32.2. The molecule has 0 radical (unpaired) electrons. The predicted molar refractivity (Wildman–Crippen MR) is 70.0 cm³/mol. The minimum atomic E-state index is -3.63. The van der Waals surface area contributed by atoms with Crippen LogP contribution in [0.25, 0.3) is 0 Å². The van der Waals surface area contributed by atoms with Crippen LogP contribution in [0.5, 0.6) is 0 Å². The zero-order chi connectivity index (χ0) is 14.0. The average molecular weight is 288 g/mol. The first-order valence-corrected chi connectivity index (χ1v) is 7.70. The van der Waals surface area contributed by atoms with E-state index in [0.717, 1.165) is 25.9 Å². The third-order valence-corrected chi connectivity index (χ3v) is 5.53. The number of nitrogens with one attached hydrogen (secondary N) is 1. The number of piperidine rings is 1. The molecule has 0 saturated carbocycles. The number of aliphatic hydroxyl groups is 1. The van der Waals surface area contributed by atoms with Gasteiger partial charge in [-0.3, -0.25) is 5.10 Å². The summed E-state index contributed by atoms with van der Waals surface area (Å²) >= 11 is 0. The average Bonchev–Trinajstić information content (AvgIpc) is 2.86. The van der Waals surface area contributed by atoms with Crippen LogP contribution in [0, 0.1) is 0 Å². The van der Waals surface area contributed by atoms with Gasteiger partial charge in [0.2, 0.25) is 0 Å². The quantitative estimate of drug-likeness (QED) is 0.788. The molecule has 0 aliphatic carbocycles. The molecule has 8 heteroatoms. The molecule has 2 rings (SSSR count). The van der Waals surface area contributed by atoms with E-state index in [9.17, 15) is 8.42 Å². The van der Waals surface area contributed by atoms with E-state index in [1.54, 1.807) is 7.05 Å². The molecule has 0 spiro atoms. The van der Waals surface area contributed by atoms with Crippen molar-refractivity contribution in [2.45, 2.75) is 30.5 Å². The van der Waals surface area contributed by atoms with E-state index in [4.69, 9.17) is 5.11 Å². The summed E-state index contributed by atoms with van der Waals surface area (Å²) in [5.41, 5.74) is 0.302. The van der Waals surface area contributed by atoms with E-state index in [-0.39, 0.29) is 17.7 Å². The molecule has 1 saturated heterocycles. The Kier molecular flexibility index (Phi) is 4.24. The number of hydrogen-bond donors (Lipinski definition) is 2. The van der Waals surface area contributed by atoms with Crippen molar-refractivity contribution in [1.82, 2.24) is 19.4 Å². The lowest BCUT2D eigenvalue weighted by Gasteiger charge is -2.34. The lowest BCUT2D eigenvalue weighted by atomic mass is 10.1. The number of hydrogen-bond acceptors (Lipinski definition) is 5. The molecule has 2 N–H and O–H groups in total. The highest BCUT2D eigenvalue weighted by Gasteiger charge is 2.32. The summed E-state index contributed by atoms with van der Waals surface area (Å²) in [6.45, 7) is 1.37. The number of nitrogens with zero attached hydrogens (tertiary/aromatic N) is 3. The molecule has 19 heavy (non-hydrogen) atoms. The molecule has 1 unspecified atom stereocenters. The van der Waals surface area contributed by atoms with Gasteiger partial charge in [-0.1, -0.05) is 0 Å². The summed E-state index contributed by atoms with van der Waals surface area (Å²) in [5.74, 6) is 0. The lowest BCUT2D eigenvalue weighted by Crippen LogP contribution is -2.47. The van der Waals surface area contributed by atoms with Crippen molar-refractivity contribution in [2.24, 2.45) is 0 Å². The topological polar surface area (TPSA) is 89.5 Å². The monoisotopic (exact) mass is 288 g/mol. The third kappa shape index (κ3) is 2.81. The highest BCUT2D eigenvalue weighted by molar-refractivity contribution is 7.89. The van der Waals surface area contributed by atoms with Crippen LogP contribution in [0.4, 0.5) is 0 Å². The van der Waals surface area contributed by atoms with E-state index in [0.29, 0.717) is 5.56 Å². The fourth-order valence-corrected chi connectivity index (χ4v) is 3.88. The van der Waals surface area contributed by atoms with Gasteiger partial charge in [0.25, 0.3) is 10.0 Å². The van der Waals surface area contributed by atoms with Crippen LogP contribution in [0.1, 0.15) is 18.4 Å². The fraction of sp³-hybridized carbons (Fsp3) is 0.727. The van der Waals surface area contributed by atoms with Gasteiger partial charge in [0.05, 0.1) is 12.8 Å². The van der Waals surface area contributed by atoms with Crippen LogP contribution >= 0.6 is 0 Å². The molecular formula is C11H20N4O3S. The minimum Gasteiger partial charge on any atom is -0.392 e. The summed E-state index contributed by atoms with van der Waals surface area (Å²) in [5, 5.41) is 15.3. The van der Waals surface area contributed by atoms with Gasteiger partial charge in [0.15, 0.2) is 5.03 Å². The number of aromatic nitrogens is 2. The number of aliphatic hydroxyl groups excluding tert-OH is 1. The summed E-state index contributed by atoms with van der Waals surface area (Å²) in [6.07, 6.45) is 3.17.